The van der Waals surface area contributed by atoms with E-state index in [2.05, 4.69) is 10.3 Å². The molecular weight excluding hydrogens is 420 g/mol. The summed E-state index contributed by atoms with van der Waals surface area (Å²) in [7, 11) is 1.59. The number of aliphatic hydroxyl groups is 1. The average Bonchev–Trinajstić information content (AvgIpc) is 3.16. The van der Waals surface area contributed by atoms with E-state index in [0.717, 1.165) is 17.0 Å². The van der Waals surface area contributed by atoms with Gasteiger partial charge in [0.15, 0.2) is 5.76 Å². The van der Waals surface area contributed by atoms with Crippen LogP contribution in [0.25, 0.3) is 16.5 Å². The molecular formula is C25H26N4O4. The molecule has 170 valence electrons. The molecule has 0 bridgehead atoms. The van der Waals surface area contributed by atoms with Crippen molar-refractivity contribution >= 4 is 34.6 Å². The number of allylic oxidation sites excluding steroid dienone is 1. The number of aromatic nitrogens is 1. The van der Waals surface area contributed by atoms with Crippen LogP contribution in [0.3, 0.4) is 0 Å². The molecule has 1 aliphatic rings. The first-order valence-electron chi connectivity index (χ1n) is 10.6. The summed E-state index contributed by atoms with van der Waals surface area (Å²) in [5.74, 6) is 0.586. The Labute approximate surface area is 191 Å². The summed E-state index contributed by atoms with van der Waals surface area (Å²) in [4.78, 5) is 29.5. The Hall–Kier alpha value is -3.91. The minimum Gasteiger partial charge on any atom is -0.455 e. The number of likely N-dealkylation sites (tertiary alicyclic amines) is 1. The van der Waals surface area contributed by atoms with Crippen LogP contribution in [0.1, 0.15) is 38.9 Å². The minimum atomic E-state index is -0.842. The number of carbonyl (C=O) groups excluding carboxylic acids is 2. The van der Waals surface area contributed by atoms with Gasteiger partial charge < -0.3 is 30.5 Å². The van der Waals surface area contributed by atoms with E-state index < -0.39 is 5.60 Å². The second-order valence-corrected chi connectivity index (χ2v) is 8.46. The van der Waals surface area contributed by atoms with Crippen molar-refractivity contribution in [3.8, 4) is 5.75 Å². The SMILES string of the molecule is CNC(=O)c1ccc2ccc(O/C(=C/C=N)c3[nH]cc(C(=O)N4CC(C)(O)C4)c3C)cc2c1. The zero-order valence-corrected chi connectivity index (χ0v) is 18.7. The summed E-state index contributed by atoms with van der Waals surface area (Å²) in [6.45, 7) is 4.10. The molecule has 1 saturated heterocycles. The van der Waals surface area contributed by atoms with Gasteiger partial charge in [-0.15, -0.1) is 0 Å². The van der Waals surface area contributed by atoms with Gasteiger partial charge in [-0.05, 0) is 54.4 Å². The van der Waals surface area contributed by atoms with Crippen molar-refractivity contribution in [2.24, 2.45) is 0 Å². The number of amides is 2. The standard InChI is InChI=1S/C25H26N4O4/c1-15-20(24(31)29-13-25(2,32)14-29)12-28-22(15)21(8-9-26)33-19-7-6-16-4-5-17(23(30)27-3)10-18(16)11-19/h4-12,26,28,32H,13-14H2,1-3H3,(H,27,30)/b21-8+,26-9?. The quantitative estimate of drug-likeness (QED) is 0.344. The van der Waals surface area contributed by atoms with Crippen LogP contribution >= 0.6 is 0 Å². The van der Waals surface area contributed by atoms with Crippen molar-refractivity contribution in [3.05, 3.63) is 71.1 Å². The van der Waals surface area contributed by atoms with E-state index in [0.29, 0.717) is 47.0 Å². The summed E-state index contributed by atoms with van der Waals surface area (Å²) in [6.07, 6.45) is 4.25. The van der Waals surface area contributed by atoms with Gasteiger partial charge in [0.1, 0.15) is 5.75 Å². The number of ether oxygens (including phenoxy) is 1. The molecule has 0 atom stereocenters. The van der Waals surface area contributed by atoms with Crippen LogP contribution in [-0.4, -0.2) is 58.8 Å². The molecule has 3 aromatic rings. The number of H-pyrrole nitrogens is 1. The van der Waals surface area contributed by atoms with Gasteiger partial charge in [0.25, 0.3) is 11.8 Å². The van der Waals surface area contributed by atoms with E-state index >= 15 is 0 Å². The molecule has 4 rings (SSSR count). The Morgan fingerprint density at radius 2 is 1.94 bits per heavy atom. The van der Waals surface area contributed by atoms with Gasteiger partial charge in [-0.2, -0.15) is 0 Å². The van der Waals surface area contributed by atoms with Crippen LogP contribution in [0.15, 0.2) is 48.7 Å². The maximum Gasteiger partial charge on any atom is 0.255 e. The number of hydrogen-bond acceptors (Lipinski definition) is 5. The van der Waals surface area contributed by atoms with Crippen molar-refractivity contribution in [2.45, 2.75) is 19.4 Å². The lowest BCUT2D eigenvalue weighted by molar-refractivity contribution is -0.0668. The number of nitrogens with zero attached hydrogens (tertiary/aromatic N) is 1. The van der Waals surface area contributed by atoms with Gasteiger partial charge in [-0.25, -0.2) is 0 Å². The highest BCUT2D eigenvalue weighted by atomic mass is 16.5. The normalized spacial score (nSPS) is 15.2. The fourth-order valence-corrected chi connectivity index (χ4v) is 4.01. The number of rotatable bonds is 6. The van der Waals surface area contributed by atoms with E-state index in [4.69, 9.17) is 10.1 Å². The lowest BCUT2D eigenvalue weighted by Gasteiger charge is -2.44. The van der Waals surface area contributed by atoms with Crippen LogP contribution in [0, 0.1) is 12.3 Å². The Bertz CT molecular complexity index is 1280. The molecule has 33 heavy (non-hydrogen) atoms. The van der Waals surface area contributed by atoms with Crippen molar-refractivity contribution in [1.82, 2.24) is 15.2 Å². The summed E-state index contributed by atoms with van der Waals surface area (Å²) in [5.41, 5.74) is 1.49. The highest BCUT2D eigenvalue weighted by Gasteiger charge is 2.40. The Balaban J connectivity index is 1.61. The van der Waals surface area contributed by atoms with Crippen LogP contribution in [0.2, 0.25) is 0 Å². The molecule has 8 nitrogen and oxygen atoms in total. The third kappa shape index (κ3) is 4.38. The summed E-state index contributed by atoms with van der Waals surface area (Å²) in [6, 6.07) is 11.0. The second kappa shape index (κ2) is 8.55. The van der Waals surface area contributed by atoms with E-state index in [1.165, 1.54) is 6.08 Å². The molecule has 0 aliphatic carbocycles. The van der Waals surface area contributed by atoms with Crippen LogP contribution < -0.4 is 10.1 Å². The zero-order valence-electron chi connectivity index (χ0n) is 18.7. The lowest BCUT2D eigenvalue weighted by Crippen LogP contribution is -2.61. The monoisotopic (exact) mass is 446 g/mol. The smallest absolute Gasteiger partial charge is 0.255 e. The van der Waals surface area contributed by atoms with Crippen molar-refractivity contribution < 1.29 is 19.4 Å². The van der Waals surface area contributed by atoms with Gasteiger partial charge in [-0.3, -0.25) is 9.59 Å². The van der Waals surface area contributed by atoms with Gasteiger partial charge in [0, 0.05) is 31.1 Å². The molecule has 0 saturated carbocycles. The Morgan fingerprint density at radius 1 is 1.21 bits per heavy atom. The molecule has 2 heterocycles. The molecule has 0 spiro atoms. The van der Waals surface area contributed by atoms with Crippen molar-refractivity contribution in [1.29, 1.82) is 5.41 Å². The molecule has 1 aliphatic heterocycles. The third-order valence-corrected chi connectivity index (χ3v) is 5.73. The van der Waals surface area contributed by atoms with E-state index in [1.54, 1.807) is 37.2 Å². The predicted molar refractivity (Wildman–Crippen MR) is 127 cm³/mol. The van der Waals surface area contributed by atoms with Crippen LogP contribution in [-0.2, 0) is 0 Å². The number of carbonyl (C=O) groups is 2. The first kappa shape index (κ1) is 22.3. The number of aromatic amines is 1. The maximum atomic E-state index is 12.8. The zero-order chi connectivity index (χ0) is 23.8. The summed E-state index contributed by atoms with van der Waals surface area (Å²) >= 11 is 0. The minimum absolute atomic E-state index is 0.164. The summed E-state index contributed by atoms with van der Waals surface area (Å²) in [5, 5.41) is 21.9. The van der Waals surface area contributed by atoms with Gasteiger partial charge >= 0.3 is 0 Å². The van der Waals surface area contributed by atoms with Gasteiger partial charge in [-0.1, -0.05) is 12.1 Å². The first-order chi connectivity index (χ1) is 15.7. The predicted octanol–water partition coefficient (Wildman–Crippen LogP) is 3.11. The first-order valence-corrected chi connectivity index (χ1v) is 10.6. The number of hydrogen-bond donors (Lipinski definition) is 4. The number of nitrogens with one attached hydrogen (secondary N) is 3. The highest BCUT2D eigenvalue weighted by Crippen LogP contribution is 2.29. The Morgan fingerprint density at radius 3 is 2.61 bits per heavy atom. The van der Waals surface area contributed by atoms with Crippen molar-refractivity contribution in [3.63, 3.8) is 0 Å². The lowest BCUT2D eigenvalue weighted by atomic mass is 9.95. The Kier molecular flexibility index (Phi) is 5.78. The summed E-state index contributed by atoms with van der Waals surface area (Å²) < 4.78 is 6.10. The molecule has 4 N–H and O–H groups in total. The van der Waals surface area contributed by atoms with E-state index in [9.17, 15) is 14.7 Å². The molecule has 8 heteroatoms. The molecule has 0 unspecified atom stereocenters. The van der Waals surface area contributed by atoms with Crippen LogP contribution in [0.4, 0.5) is 0 Å². The average molecular weight is 447 g/mol. The molecule has 1 aromatic heterocycles. The molecule has 0 radical (unpaired) electrons. The van der Waals surface area contributed by atoms with Gasteiger partial charge in [0.05, 0.1) is 29.9 Å². The fourth-order valence-electron chi connectivity index (χ4n) is 4.01. The number of benzene rings is 2. The molecule has 1 fully saturated rings. The second-order valence-electron chi connectivity index (χ2n) is 8.46. The van der Waals surface area contributed by atoms with E-state index in [-0.39, 0.29) is 11.8 Å². The van der Waals surface area contributed by atoms with Crippen molar-refractivity contribution in [2.75, 3.05) is 20.1 Å². The van der Waals surface area contributed by atoms with Gasteiger partial charge in [0.2, 0.25) is 0 Å². The maximum absolute atomic E-state index is 12.8. The largest absolute Gasteiger partial charge is 0.455 e. The van der Waals surface area contributed by atoms with Crippen LogP contribution in [0.5, 0.6) is 5.75 Å². The number of β-amino-alcohol motifs (C(OH)–C–C–N with tert-alkyl or cyclic N) is 1. The topological polar surface area (TPSA) is 119 Å². The molecule has 2 aromatic carbocycles. The third-order valence-electron chi connectivity index (χ3n) is 5.73. The highest BCUT2D eigenvalue weighted by molar-refractivity contribution is 5.99. The number of fused-ring (bicyclic) bond motifs is 1. The van der Waals surface area contributed by atoms with E-state index in [1.807, 2.05) is 31.2 Å². The fraction of sp³-hybridized carbons (Fsp3) is 0.240. The molecule has 2 amide bonds.